The topological polar surface area (TPSA) is 56.8 Å². The highest BCUT2D eigenvalue weighted by molar-refractivity contribution is 6.30. The first-order chi connectivity index (χ1) is 10.2. The summed E-state index contributed by atoms with van der Waals surface area (Å²) in [6.45, 7) is 3.99. The van der Waals surface area contributed by atoms with E-state index in [1.807, 2.05) is 26.1 Å². The van der Waals surface area contributed by atoms with E-state index < -0.39 is 0 Å². The number of hydrogen-bond donors (Lipinski definition) is 2. The molecule has 0 unspecified atom stereocenters. The van der Waals surface area contributed by atoms with Crippen LogP contribution in [-0.4, -0.2) is 41.4 Å². The summed E-state index contributed by atoms with van der Waals surface area (Å²) in [5.41, 5.74) is 2.09. The molecule has 5 nitrogen and oxygen atoms in total. The molecule has 1 aliphatic heterocycles. The fourth-order valence-corrected chi connectivity index (χ4v) is 3.05. The highest BCUT2D eigenvalue weighted by Crippen LogP contribution is 2.24. The van der Waals surface area contributed by atoms with E-state index >= 15 is 0 Å². The van der Waals surface area contributed by atoms with Gasteiger partial charge in [0, 0.05) is 29.7 Å². The first-order valence-electron chi connectivity index (χ1n) is 7.28. The second kappa shape index (κ2) is 6.03. The number of anilines is 1. The Bertz CT molecular complexity index is 596. The van der Waals surface area contributed by atoms with Crippen molar-refractivity contribution < 1.29 is 0 Å². The molecule has 0 bridgehead atoms. The smallest absolute Gasteiger partial charge is 0.245 e. The highest BCUT2D eigenvalue weighted by Gasteiger charge is 2.21. The molecule has 0 spiro atoms. The molecule has 2 aromatic rings. The number of halogens is 1. The van der Waals surface area contributed by atoms with Gasteiger partial charge < -0.3 is 10.2 Å². The first-order valence-corrected chi connectivity index (χ1v) is 7.65. The molecule has 1 saturated heterocycles. The minimum Gasteiger partial charge on any atom is -0.339 e. The zero-order valence-electron chi connectivity index (χ0n) is 12.4. The molecule has 112 valence electrons. The van der Waals surface area contributed by atoms with Crippen LogP contribution in [0, 0.1) is 6.92 Å². The summed E-state index contributed by atoms with van der Waals surface area (Å²) in [4.78, 5) is 6.84. The van der Waals surface area contributed by atoms with Crippen molar-refractivity contribution in [2.24, 2.45) is 0 Å². The van der Waals surface area contributed by atoms with Gasteiger partial charge in [0.15, 0.2) is 5.82 Å². The van der Waals surface area contributed by atoms with E-state index in [0.717, 1.165) is 53.9 Å². The second-order valence-electron chi connectivity index (χ2n) is 5.55. The Morgan fingerprint density at radius 3 is 2.71 bits per heavy atom. The lowest BCUT2D eigenvalue weighted by molar-refractivity contribution is 0.439. The van der Waals surface area contributed by atoms with Crippen molar-refractivity contribution in [3.8, 4) is 11.4 Å². The van der Waals surface area contributed by atoms with Gasteiger partial charge in [-0.25, -0.2) is 0 Å². The van der Waals surface area contributed by atoms with Crippen LogP contribution >= 0.6 is 11.6 Å². The number of rotatable bonds is 3. The predicted molar refractivity (Wildman–Crippen MR) is 85.9 cm³/mol. The van der Waals surface area contributed by atoms with Crippen molar-refractivity contribution in [1.82, 2.24) is 20.5 Å². The Morgan fingerprint density at radius 2 is 2.05 bits per heavy atom. The van der Waals surface area contributed by atoms with Gasteiger partial charge in [-0.2, -0.15) is 4.98 Å². The highest BCUT2D eigenvalue weighted by atomic mass is 35.5. The SMILES string of the molecule is CNC1CCN(c2n[nH]c(-c3cc(C)cc(Cl)c3)n2)CC1. The molecular weight excluding hydrogens is 286 g/mol. The van der Waals surface area contributed by atoms with E-state index in [2.05, 4.69) is 31.5 Å². The van der Waals surface area contributed by atoms with Crippen molar-refractivity contribution in [1.29, 1.82) is 0 Å². The van der Waals surface area contributed by atoms with Crippen LogP contribution in [0.1, 0.15) is 18.4 Å². The number of piperidine rings is 1. The van der Waals surface area contributed by atoms with E-state index in [1.54, 1.807) is 0 Å². The number of aromatic nitrogens is 3. The van der Waals surface area contributed by atoms with E-state index in [-0.39, 0.29) is 0 Å². The van der Waals surface area contributed by atoms with Gasteiger partial charge in [0.2, 0.25) is 5.95 Å². The van der Waals surface area contributed by atoms with Crippen LogP contribution in [0.25, 0.3) is 11.4 Å². The summed E-state index contributed by atoms with van der Waals surface area (Å²) < 4.78 is 0. The standard InChI is InChI=1S/C15H20ClN5/c1-10-7-11(9-12(16)8-10)14-18-15(20-19-14)21-5-3-13(17-2)4-6-21/h7-9,13,17H,3-6H2,1-2H3,(H,18,19,20). The van der Waals surface area contributed by atoms with E-state index in [0.29, 0.717) is 6.04 Å². The molecule has 0 amide bonds. The molecule has 1 aliphatic rings. The van der Waals surface area contributed by atoms with Crippen LogP contribution in [-0.2, 0) is 0 Å². The lowest BCUT2D eigenvalue weighted by Gasteiger charge is -2.30. The molecule has 0 aliphatic carbocycles. The van der Waals surface area contributed by atoms with Crippen LogP contribution in [0.3, 0.4) is 0 Å². The number of benzene rings is 1. The molecule has 0 radical (unpaired) electrons. The Morgan fingerprint density at radius 1 is 1.29 bits per heavy atom. The third-order valence-electron chi connectivity index (χ3n) is 3.98. The van der Waals surface area contributed by atoms with Crippen molar-refractivity contribution >= 4 is 17.5 Å². The third-order valence-corrected chi connectivity index (χ3v) is 4.19. The van der Waals surface area contributed by atoms with Gasteiger partial charge in [0.1, 0.15) is 0 Å². The second-order valence-corrected chi connectivity index (χ2v) is 5.99. The Labute approximate surface area is 129 Å². The minimum absolute atomic E-state index is 0.607. The van der Waals surface area contributed by atoms with Gasteiger partial charge in [-0.15, -0.1) is 5.10 Å². The van der Waals surface area contributed by atoms with Gasteiger partial charge in [-0.1, -0.05) is 11.6 Å². The lowest BCUT2D eigenvalue weighted by atomic mass is 10.1. The van der Waals surface area contributed by atoms with Crippen molar-refractivity contribution in [3.05, 3.63) is 28.8 Å². The van der Waals surface area contributed by atoms with Gasteiger partial charge in [-0.3, -0.25) is 5.10 Å². The Balaban J connectivity index is 1.77. The number of aromatic amines is 1. The zero-order chi connectivity index (χ0) is 14.8. The van der Waals surface area contributed by atoms with Gasteiger partial charge in [0.05, 0.1) is 0 Å². The zero-order valence-corrected chi connectivity index (χ0v) is 13.1. The summed E-state index contributed by atoms with van der Waals surface area (Å²) in [5, 5.41) is 11.4. The largest absolute Gasteiger partial charge is 0.339 e. The summed E-state index contributed by atoms with van der Waals surface area (Å²) >= 11 is 6.11. The summed E-state index contributed by atoms with van der Waals surface area (Å²) in [6.07, 6.45) is 2.24. The molecular formula is C15H20ClN5. The third kappa shape index (κ3) is 3.19. The van der Waals surface area contributed by atoms with Crippen molar-refractivity contribution in [3.63, 3.8) is 0 Å². The summed E-state index contributed by atoms with van der Waals surface area (Å²) in [6, 6.07) is 6.51. The fourth-order valence-electron chi connectivity index (χ4n) is 2.76. The average Bonchev–Trinajstić information content (AvgIpc) is 2.96. The monoisotopic (exact) mass is 305 g/mol. The molecule has 2 heterocycles. The maximum atomic E-state index is 6.11. The fraction of sp³-hybridized carbons (Fsp3) is 0.467. The first kappa shape index (κ1) is 14.4. The average molecular weight is 306 g/mol. The van der Waals surface area contributed by atoms with E-state index in [1.165, 1.54) is 0 Å². The molecule has 6 heteroatoms. The molecule has 1 aromatic carbocycles. The Hall–Kier alpha value is -1.59. The molecule has 3 rings (SSSR count). The molecule has 1 fully saturated rings. The summed E-state index contributed by atoms with van der Waals surface area (Å²) in [5.74, 6) is 1.54. The normalized spacial score (nSPS) is 16.4. The van der Waals surface area contributed by atoms with Gasteiger partial charge >= 0.3 is 0 Å². The van der Waals surface area contributed by atoms with Crippen LogP contribution in [0.2, 0.25) is 5.02 Å². The lowest BCUT2D eigenvalue weighted by Crippen LogP contribution is -2.41. The van der Waals surface area contributed by atoms with Crippen molar-refractivity contribution in [2.45, 2.75) is 25.8 Å². The Kier molecular flexibility index (Phi) is 4.12. The molecule has 2 N–H and O–H groups in total. The van der Waals surface area contributed by atoms with E-state index in [4.69, 9.17) is 11.6 Å². The number of H-pyrrole nitrogens is 1. The van der Waals surface area contributed by atoms with Crippen molar-refractivity contribution in [2.75, 3.05) is 25.0 Å². The van der Waals surface area contributed by atoms with Crippen LogP contribution in [0.5, 0.6) is 0 Å². The van der Waals surface area contributed by atoms with Crippen LogP contribution < -0.4 is 10.2 Å². The maximum absolute atomic E-state index is 6.11. The number of nitrogens with one attached hydrogen (secondary N) is 2. The predicted octanol–water partition coefficient (Wildman–Crippen LogP) is 2.62. The van der Waals surface area contributed by atoms with Crippen LogP contribution in [0.4, 0.5) is 5.95 Å². The number of nitrogens with zero attached hydrogens (tertiary/aromatic N) is 3. The van der Waals surface area contributed by atoms with E-state index in [9.17, 15) is 0 Å². The number of aryl methyl sites for hydroxylation is 1. The summed E-state index contributed by atoms with van der Waals surface area (Å²) in [7, 11) is 2.02. The maximum Gasteiger partial charge on any atom is 0.245 e. The van der Waals surface area contributed by atoms with Gasteiger partial charge in [-0.05, 0) is 50.6 Å². The quantitative estimate of drug-likeness (QED) is 0.915. The minimum atomic E-state index is 0.607. The number of hydrogen-bond acceptors (Lipinski definition) is 4. The van der Waals surface area contributed by atoms with Gasteiger partial charge in [0.25, 0.3) is 0 Å². The molecule has 1 aromatic heterocycles. The van der Waals surface area contributed by atoms with Crippen LogP contribution in [0.15, 0.2) is 18.2 Å². The molecule has 21 heavy (non-hydrogen) atoms. The molecule has 0 atom stereocenters. The molecule has 0 saturated carbocycles.